The average Bonchev–Trinajstić information content (AvgIpc) is 2.53. The molecule has 7 nitrogen and oxygen atoms in total. The number of nitrogens with two attached hydrogens (primary N) is 1. The number of carbonyl (C=O) groups excluding carboxylic acids is 1. The third-order valence-corrected chi connectivity index (χ3v) is 3.60. The molecule has 2 amide bonds. The second-order valence-corrected chi connectivity index (χ2v) is 4.86. The van der Waals surface area contributed by atoms with Gasteiger partial charge < -0.3 is 20.7 Å². The van der Waals surface area contributed by atoms with Gasteiger partial charge in [-0.05, 0) is 12.1 Å². The Labute approximate surface area is 122 Å². The fraction of sp³-hybridized carbons (Fsp3) is 0.357. The molecule has 1 aromatic carbocycles. The van der Waals surface area contributed by atoms with Crippen molar-refractivity contribution < 1.29 is 9.53 Å². The molecule has 0 saturated carbocycles. The van der Waals surface area contributed by atoms with Gasteiger partial charge in [-0.1, -0.05) is 12.1 Å². The van der Waals surface area contributed by atoms with Crippen LogP contribution in [0.15, 0.2) is 24.3 Å². The lowest BCUT2D eigenvalue weighted by atomic mass is 10.1. The summed E-state index contributed by atoms with van der Waals surface area (Å²) in [4.78, 5) is 22.3. The van der Waals surface area contributed by atoms with Gasteiger partial charge >= 0.3 is 6.03 Å². The number of amides is 2. The molecule has 7 heteroatoms. The smallest absolute Gasteiger partial charge is 0.315 e. The van der Waals surface area contributed by atoms with Gasteiger partial charge in [0.1, 0.15) is 5.69 Å². The molecule has 3 rings (SSSR count). The van der Waals surface area contributed by atoms with Crippen molar-refractivity contribution in [3.05, 3.63) is 30.0 Å². The van der Waals surface area contributed by atoms with Gasteiger partial charge in [0.05, 0.1) is 24.2 Å². The molecule has 110 valence electrons. The van der Waals surface area contributed by atoms with Gasteiger partial charge in [0.2, 0.25) is 5.88 Å². The molecule has 1 aromatic heterocycles. The van der Waals surface area contributed by atoms with Crippen molar-refractivity contribution in [2.24, 2.45) is 5.73 Å². The molecule has 21 heavy (non-hydrogen) atoms. The molecule has 0 radical (unpaired) electrons. The van der Waals surface area contributed by atoms with Crippen molar-refractivity contribution in [2.75, 3.05) is 26.7 Å². The molecule has 3 N–H and O–H groups in total. The third kappa shape index (κ3) is 2.47. The van der Waals surface area contributed by atoms with Gasteiger partial charge in [-0.15, -0.1) is 0 Å². The maximum atomic E-state index is 11.6. The van der Waals surface area contributed by atoms with E-state index < -0.39 is 6.03 Å². The Kier molecular flexibility index (Phi) is 3.57. The lowest BCUT2D eigenvalue weighted by Gasteiger charge is -2.34. The number of primary amides is 1. The number of fused-ring (bicyclic) bond motifs is 1. The monoisotopic (exact) mass is 287 g/mol. The van der Waals surface area contributed by atoms with Gasteiger partial charge in [0, 0.05) is 19.6 Å². The summed E-state index contributed by atoms with van der Waals surface area (Å²) >= 11 is 0. The largest absolute Gasteiger partial charge is 0.480 e. The fourth-order valence-corrected chi connectivity index (χ4v) is 2.58. The number of ether oxygens (including phenoxy) is 1. The Hall–Kier alpha value is -2.41. The van der Waals surface area contributed by atoms with E-state index in [0.29, 0.717) is 31.2 Å². The SMILES string of the molecule is COc1nc2ccccc2nc1C1CNCCN1C(N)=O. The molecule has 2 aromatic rings. The van der Waals surface area contributed by atoms with Crippen LogP contribution in [0.1, 0.15) is 11.7 Å². The molecule has 1 atom stereocenters. The second kappa shape index (κ2) is 5.53. The predicted molar refractivity (Wildman–Crippen MR) is 78.0 cm³/mol. The highest BCUT2D eigenvalue weighted by atomic mass is 16.5. The zero-order valence-electron chi connectivity index (χ0n) is 11.7. The van der Waals surface area contributed by atoms with Gasteiger partial charge in [-0.3, -0.25) is 0 Å². The third-order valence-electron chi connectivity index (χ3n) is 3.60. The van der Waals surface area contributed by atoms with E-state index in [1.54, 1.807) is 12.0 Å². The summed E-state index contributed by atoms with van der Waals surface area (Å²) in [7, 11) is 1.55. The number of piperazine rings is 1. The number of hydrogen-bond acceptors (Lipinski definition) is 5. The topological polar surface area (TPSA) is 93.4 Å². The van der Waals surface area contributed by atoms with Gasteiger partial charge in [0.25, 0.3) is 0 Å². The van der Waals surface area contributed by atoms with E-state index in [1.165, 1.54) is 0 Å². The molecule has 1 unspecified atom stereocenters. The maximum absolute atomic E-state index is 11.6. The van der Waals surface area contributed by atoms with Crippen LogP contribution in [0, 0.1) is 0 Å². The lowest BCUT2D eigenvalue weighted by Crippen LogP contribution is -2.51. The van der Waals surface area contributed by atoms with E-state index >= 15 is 0 Å². The van der Waals surface area contributed by atoms with Crippen molar-refractivity contribution in [3.8, 4) is 5.88 Å². The molecule has 1 aliphatic heterocycles. The van der Waals surface area contributed by atoms with Crippen LogP contribution >= 0.6 is 0 Å². The summed E-state index contributed by atoms with van der Waals surface area (Å²) in [5, 5.41) is 3.24. The number of nitrogens with one attached hydrogen (secondary N) is 1. The number of urea groups is 1. The summed E-state index contributed by atoms with van der Waals surface area (Å²) < 4.78 is 5.35. The summed E-state index contributed by atoms with van der Waals surface area (Å²) in [6.45, 7) is 1.83. The van der Waals surface area contributed by atoms with E-state index in [4.69, 9.17) is 10.5 Å². The number of carbonyl (C=O) groups is 1. The number of rotatable bonds is 2. The zero-order chi connectivity index (χ0) is 14.8. The van der Waals surface area contributed by atoms with Gasteiger partial charge in [0.15, 0.2) is 0 Å². The average molecular weight is 287 g/mol. The van der Waals surface area contributed by atoms with E-state index in [0.717, 1.165) is 11.0 Å². The van der Waals surface area contributed by atoms with Gasteiger partial charge in [-0.25, -0.2) is 14.8 Å². The predicted octanol–water partition coefficient (Wildman–Crippen LogP) is 0.663. The molecule has 0 bridgehead atoms. The first-order valence-corrected chi connectivity index (χ1v) is 6.78. The Bertz CT molecular complexity index is 675. The Morgan fingerprint density at radius 1 is 1.38 bits per heavy atom. The van der Waals surface area contributed by atoms with Crippen LogP contribution in [0.4, 0.5) is 4.79 Å². The van der Waals surface area contributed by atoms with Gasteiger partial charge in [-0.2, -0.15) is 0 Å². The standard InChI is InChI=1S/C14H17N5O2/c1-21-13-12(11-8-16-6-7-19(11)14(15)20)17-9-4-2-3-5-10(9)18-13/h2-5,11,16H,6-8H2,1H3,(H2,15,20). The summed E-state index contributed by atoms with van der Waals surface area (Å²) in [6.07, 6.45) is 0. The van der Waals surface area contributed by atoms with E-state index in [2.05, 4.69) is 15.3 Å². The Morgan fingerprint density at radius 3 is 2.76 bits per heavy atom. The van der Waals surface area contributed by atoms with Crippen LogP contribution in [-0.2, 0) is 0 Å². The molecular formula is C14H17N5O2. The van der Waals surface area contributed by atoms with Crippen LogP contribution in [-0.4, -0.2) is 47.6 Å². The fourth-order valence-electron chi connectivity index (χ4n) is 2.58. The van der Waals surface area contributed by atoms with Crippen LogP contribution < -0.4 is 15.8 Å². The van der Waals surface area contributed by atoms with E-state index in [1.807, 2.05) is 24.3 Å². The maximum Gasteiger partial charge on any atom is 0.315 e. The molecule has 0 spiro atoms. The highest BCUT2D eigenvalue weighted by molar-refractivity contribution is 5.76. The molecular weight excluding hydrogens is 270 g/mol. The molecule has 2 heterocycles. The molecule has 1 fully saturated rings. The Balaban J connectivity index is 2.10. The summed E-state index contributed by atoms with van der Waals surface area (Å²) in [5.74, 6) is 0.425. The normalized spacial score (nSPS) is 18.7. The van der Waals surface area contributed by atoms with E-state index in [9.17, 15) is 4.79 Å². The highest BCUT2D eigenvalue weighted by Crippen LogP contribution is 2.29. The highest BCUT2D eigenvalue weighted by Gasteiger charge is 2.30. The van der Waals surface area contributed by atoms with Crippen LogP contribution in [0.25, 0.3) is 11.0 Å². The number of nitrogens with zero attached hydrogens (tertiary/aromatic N) is 3. The first-order chi connectivity index (χ1) is 10.2. The number of benzene rings is 1. The van der Waals surface area contributed by atoms with Crippen LogP contribution in [0.2, 0.25) is 0 Å². The van der Waals surface area contributed by atoms with Crippen molar-refractivity contribution in [1.29, 1.82) is 0 Å². The quantitative estimate of drug-likeness (QED) is 0.846. The minimum atomic E-state index is -0.460. The van der Waals surface area contributed by atoms with Crippen molar-refractivity contribution in [1.82, 2.24) is 20.2 Å². The number of hydrogen-bond donors (Lipinski definition) is 2. The second-order valence-electron chi connectivity index (χ2n) is 4.86. The van der Waals surface area contributed by atoms with Crippen LogP contribution in [0.5, 0.6) is 5.88 Å². The molecule has 0 aliphatic carbocycles. The first-order valence-electron chi connectivity index (χ1n) is 6.78. The number of para-hydroxylation sites is 2. The van der Waals surface area contributed by atoms with Crippen molar-refractivity contribution in [3.63, 3.8) is 0 Å². The minimum absolute atomic E-state index is 0.275. The molecule has 1 saturated heterocycles. The van der Waals surface area contributed by atoms with Crippen molar-refractivity contribution >= 4 is 17.1 Å². The number of aromatic nitrogens is 2. The Morgan fingerprint density at radius 2 is 2.10 bits per heavy atom. The number of methoxy groups -OCH3 is 1. The van der Waals surface area contributed by atoms with E-state index in [-0.39, 0.29) is 6.04 Å². The van der Waals surface area contributed by atoms with Crippen LogP contribution in [0.3, 0.4) is 0 Å². The first kappa shape index (κ1) is 13.6. The summed E-state index contributed by atoms with van der Waals surface area (Å²) in [5.41, 5.74) is 7.62. The van der Waals surface area contributed by atoms with Crippen molar-refractivity contribution in [2.45, 2.75) is 6.04 Å². The zero-order valence-corrected chi connectivity index (χ0v) is 11.7. The lowest BCUT2D eigenvalue weighted by molar-refractivity contribution is 0.163. The minimum Gasteiger partial charge on any atom is -0.480 e. The summed E-state index contributed by atoms with van der Waals surface area (Å²) in [6, 6.07) is 6.82. The molecule has 1 aliphatic rings.